The summed E-state index contributed by atoms with van der Waals surface area (Å²) in [5.74, 6) is 0. The predicted molar refractivity (Wildman–Crippen MR) is 71.4 cm³/mol. The van der Waals surface area contributed by atoms with E-state index < -0.39 is 0 Å². The van der Waals surface area contributed by atoms with Gasteiger partial charge in [-0.05, 0) is 36.1 Å². The summed E-state index contributed by atoms with van der Waals surface area (Å²) in [7, 11) is 1.72. The summed E-state index contributed by atoms with van der Waals surface area (Å²) in [6.07, 6.45) is 4.90. The van der Waals surface area contributed by atoms with Crippen LogP contribution in [-0.2, 0) is 16.8 Å². The van der Waals surface area contributed by atoms with Crippen LogP contribution < -0.4 is 5.73 Å². The number of hydrogen-bond donors (Lipinski definition) is 1. The Morgan fingerprint density at radius 2 is 2.06 bits per heavy atom. The summed E-state index contributed by atoms with van der Waals surface area (Å²) in [4.78, 5) is 0. The Balaban J connectivity index is 2.42. The van der Waals surface area contributed by atoms with Gasteiger partial charge in [0.1, 0.15) is 0 Å². The molecule has 2 nitrogen and oxygen atoms in total. The van der Waals surface area contributed by atoms with Gasteiger partial charge in [0.2, 0.25) is 0 Å². The van der Waals surface area contributed by atoms with E-state index in [1.54, 1.807) is 7.11 Å². The summed E-state index contributed by atoms with van der Waals surface area (Å²) in [6.45, 7) is 1.32. The molecule has 3 heteroatoms. The highest BCUT2D eigenvalue weighted by Crippen LogP contribution is 2.42. The van der Waals surface area contributed by atoms with Gasteiger partial charge in [-0.15, -0.1) is 0 Å². The fourth-order valence-corrected chi connectivity index (χ4v) is 3.18. The molecule has 1 aliphatic carbocycles. The molecule has 0 atom stereocenters. The zero-order chi connectivity index (χ0) is 12.3. The van der Waals surface area contributed by atoms with Gasteiger partial charge < -0.3 is 10.5 Å². The van der Waals surface area contributed by atoms with Crippen molar-refractivity contribution in [2.75, 3.05) is 13.7 Å². The van der Waals surface area contributed by atoms with Gasteiger partial charge >= 0.3 is 0 Å². The second-order valence-corrected chi connectivity index (χ2v) is 5.36. The standard InChI is InChI=1S/C14H20ClNO/c1-17-9-11-8-12(15)4-5-13(11)14(10-16)6-2-3-7-14/h4-5,8H,2-3,6-7,9-10,16H2,1H3. The van der Waals surface area contributed by atoms with Crippen LogP contribution in [0, 0.1) is 0 Å². The first-order chi connectivity index (χ1) is 8.22. The third kappa shape index (κ3) is 2.49. The van der Waals surface area contributed by atoms with Crippen molar-refractivity contribution in [3.63, 3.8) is 0 Å². The van der Waals surface area contributed by atoms with Gasteiger partial charge in [-0.1, -0.05) is 30.5 Å². The van der Waals surface area contributed by atoms with Crippen molar-refractivity contribution in [2.45, 2.75) is 37.7 Å². The summed E-state index contributed by atoms with van der Waals surface area (Å²) >= 11 is 6.06. The fraction of sp³-hybridized carbons (Fsp3) is 0.571. The molecule has 1 aliphatic rings. The second kappa shape index (κ2) is 5.38. The predicted octanol–water partition coefficient (Wildman–Crippen LogP) is 3.26. The molecule has 17 heavy (non-hydrogen) atoms. The monoisotopic (exact) mass is 253 g/mol. The molecule has 0 radical (unpaired) electrons. The first kappa shape index (κ1) is 12.9. The Bertz CT molecular complexity index is 386. The van der Waals surface area contributed by atoms with Crippen LogP contribution in [0.15, 0.2) is 18.2 Å². The third-order valence-electron chi connectivity index (χ3n) is 3.89. The lowest BCUT2D eigenvalue weighted by Gasteiger charge is -2.30. The lowest BCUT2D eigenvalue weighted by Crippen LogP contribution is -2.33. The molecular weight excluding hydrogens is 234 g/mol. The molecule has 1 fully saturated rings. The van der Waals surface area contributed by atoms with Crippen LogP contribution in [0.4, 0.5) is 0 Å². The van der Waals surface area contributed by atoms with Gasteiger partial charge in [0.05, 0.1) is 6.61 Å². The van der Waals surface area contributed by atoms with Gasteiger partial charge in [-0.3, -0.25) is 0 Å². The summed E-state index contributed by atoms with van der Waals surface area (Å²) < 4.78 is 5.27. The second-order valence-electron chi connectivity index (χ2n) is 4.93. The average Bonchev–Trinajstić information content (AvgIpc) is 2.79. The molecule has 2 rings (SSSR count). The lowest BCUT2D eigenvalue weighted by molar-refractivity contribution is 0.182. The Kier molecular flexibility index (Phi) is 4.08. The van der Waals surface area contributed by atoms with Gasteiger partial charge in [-0.2, -0.15) is 0 Å². The van der Waals surface area contributed by atoms with Crippen LogP contribution in [0.25, 0.3) is 0 Å². The molecule has 2 N–H and O–H groups in total. The van der Waals surface area contributed by atoms with Crippen LogP contribution in [0.3, 0.4) is 0 Å². The van der Waals surface area contributed by atoms with Gasteiger partial charge in [0, 0.05) is 24.1 Å². The fourth-order valence-electron chi connectivity index (χ4n) is 2.99. The van der Waals surface area contributed by atoms with Crippen molar-refractivity contribution in [2.24, 2.45) is 5.73 Å². The quantitative estimate of drug-likeness (QED) is 0.894. The van der Waals surface area contributed by atoms with E-state index in [4.69, 9.17) is 22.1 Å². The van der Waals surface area contributed by atoms with Gasteiger partial charge in [0.25, 0.3) is 0 Å². The van der Waals surface area contributed by atoms with E-state index >= 15 is 0 Å². The minimum absolute atomic E-state index is 0.151. The number of nitrogens with two attached hydrogens (primary N) is 1. The first-order valence-electron chi connectivity index (χ1n) is 6.20. The third-order valence-corrected chi connectivity index (χ3v) is 4.12. The van der Waals surface area contributed by atoms with E-state index in [2.05, 4.69) is 6.07 Å². The van der Waals surface area contributed by atoms with Crippen LogP contribution in [-0.4, -0.2) is 13.7 Å². The summed E-state index contributed by atoms with van der Waals surface area (Å²) in [5.41, 5.74) is 8.71. The minimum atomic E-state index is 0.151. The van der Waals surface area contributed by atoms with Crippen LogP contribution in [0.1, 0.15) is 36.8 Å². The highest BCUT2D eigenvalue weighted by molar-refractivity contribution is 6.30. The zero-order valence-corrected chi connectivity index (χ0v) is 11.1. The maximum absolute atomic E-state index is 6.06. The van der Waals surface area contributed by atoms with Crippen molar-refractivity contribution in [1.29, 1.82) is 0 Å². The van der Waals surface area contributed by atoms with Crippen molar-refractivity contribution in [3.8, 4) is 0 Å². The molecule has 0 unspecified atom stereocenters. The van der Waals surface area contributed by atoms with Gasteiger partial charge in [0.15, 0.2) is 0 Å². The zero-order valence-electron chi connectivity index (χ0n) is 10.3. The van der Waals surface area contributed by atoms with E-state index in [0.29, 0.717) is 13.2 Å². The Morgan fingerprint density at radius 1 is 1.35 bits per heavy atom. The Labute approximate surface area is 108 Å². The lowest BCUT2D eigenvalue weighted by atomic mass is 9.77. The largest absolute Gasteiger partial charge is 0.380 e. The highest BCUT2D eigenvalue weighted by atomic mass is 35.5. The smallest absolute Gasteiger partial charge is 0.0716 e. The highest BCUT2D eigenvalue weighted by Gasteiger charge is 2.35. The van der Waals surface area contributed by atoms with Crippen molar-refractivity contribution in [1.82, 2.24) is 0 Å². The number of ether oxygens (including phenoxy) is 1. The van der Waals surface area contributed by atoms with E-state index in [1.807, 2.05) is 12.1 Å². The average molecular weight is 254 g/mol. The molecule has 1 aromatic carbocycles. The molecule has 0 heterocycles. The number of hydrogen-bond acceptors (Lipinski definition) is 2. The maximum atomic E-state index is 6.06. The molecule has 94 valence electrons. The van der Waals surface area contributed by atoms with E-state index in [0.717, 1.165) is 5.02 Å². The molecule has 0 saturated heterocycles. The number of rotatable bonds is 4. The number of benzene rings is 1. The van der Waals surface area contributed by atoms with Gasteiger partial charge in [-0.25, -0.2) is 0 Å². The van der Waals surface area contributed by atoms with E-state index in [9.17, 15) is 0 Å². The molecule has 0 amide bonds. The van der Waals surface area contributed by atoms with E-state index in [-0.39, 0.29) is 5.41 Å². The van der Waals surface area contributed by atoms with Crippen LogP contribution >= 0.6 is 11.6 Å². The molecule has 0 aliphatic heterocycles. The molecule has 0 bridgehead atoms. The minimum Gasteiger partial charge on any atom is -0.380 e. The molecule has 1 aromatic rings. The topological polar surface area (TPSA) is 35.2 Å². The summed E-state index contributed by atoms with van der Waals surface area (Å²) in [5, 5.41) is 0.769. The summed E-state index contributed by atoms with van der Waals surface area (Å²) in [6, 6.07) is 6.11. The van der Waals surface area contributed by atoms with E-state index in [1.165, 1.54) is 36.8 Å². The number of methoxy groups -OCH3 is 1. The normalized spacial score (nSPS) is 18.5. The molecular formula is C14H20ClNO. The maximum Gasteiger partial charge on any atom is 0.0716 e. The van der Waals surface area contributed by atoms with Crippen molar-refractivity contribution >= 4 is 11.6 Å². The van der Waals surface area contributed by atoms with Crippen LogP contribution in [0.2, 0.25) is 5.02 Å². The molecule has 1 saturated carbocycles. The van der Waals surface area contributed by atoms with Crippen molar-refractivity contribution < 1.29 is 4.74 Å². The molecule has 0 aromatic heterocycles. The Hall–Kier alpha value is -0.570. The SMILES string of the molecule is COCc1cc(Cl)ccc1C1(CN)CCCC1. The number of halogens is 1. The van der Waals surface area contributed by atoms with Crippen LogP contribution in [0.5, 0.6) is 0 Å². The molecule has 0 spiro atoms. The Morgan fingerprint density at radius 3 is 2.65 bits per heavy atom. The first-order valence-corrected chi connectivity index (χ1v) is 6.57. The van der Waals surface area contributed by atoms with Crippen molar-refractivity contribution in [3.05, 3.63) is 34.3 Å².